The van der Waals surface area contributed by atoms with Gasteiger partial charge in [0.05, 0.1) is 4.90 Å². The molecule has 1 amide bonds. The normalized spacial score (nSPS) is 14.7. The molecule has 110 valence electrons. The number of nitrogens with two attached hydrogens (primary N) is 1. The molecule has 0 radical (unpaired) electrons. The topological polar surface area (TPSA) is 83.7 Å². The predicted molar refractivity (Wildman–Crippen MR) is 77.0 cm³/mol. The summed E-state index contributed by atoms with van der Waals surface area (Å²) in [7, 11) is -2.00. The minimum absolute atomic E-state index is 0.0281. The zero-order valence-electron chi connectivity index (χ0n) is 11.7. The first kappa shape index (κ1) is 15.0. The van der Waals surface area contributed by atoms with Crippen LogP contribution >= 0.6 is 0 Å². The van der Waals surface area contributed by atoms with Gasteiger partial charge in [0.2, 0.25) is 15.9 Å². The van der Waals surface area contributed by atoms with Gasteiger partial charge in [0.25, 0.3) is 0 Å². The number of hydrogen-bond acceptors (Lipinski definition) is 4. The first-order chi connectivity index (χ1) is 9.37. The number of fused-ring (bicyclic) bond motifs is 1. The van der Waals surface area contributed by atoms with E-state index in [1.165, 1.54) is 18.3 Å². The van der Waals surface area contributed by atoms with Crippen LogP contribution in [0.1, 0.15) is 12.5 Å². The Morgan fingerprint density at radius 1 is 1.45 bits per heavy atom. The number of hydrogen-bond donors (Lipinski definition) is 1. The lowest BCUT2D eigenvalue weighted by molar-refractivity contribution is -0.116. The Hall–Kier alpha value is -1.44. The number of amides is 1. The van der Waals surface area contributed by atoms with Crippen LogP contribution in [0.15, 0.2) is 23.1 Å². The number of carbonyl (C=O) groups is 1. The van der Waals surface area contributed by atoms with Gasteiger partial charge in [0, 0.05) is 39.3 Å². The van der Waals surface area contributed by atoms with Gasteiger partial charge >= 0.3 is 0 Å². The molecule has 6 nitrogen and oxygen atoms in total. The van der Waals surface area contributed by atoms with E-state index in [9.17, 15) is 13.2 Å². The molecule has 0 bridgehead atoms. The lowest BCUT2D eigenvalue weighted by atomic mass is 10.2. The van der Waals surface area contributed by atoms with Crippen molar-refractivity contribution < 1.29 is 13.2 Å². The number of nitrogens with zero attached hydrogens (tertiary/aromatic N) is 2. The SMILES string of the molecule is CC(=O)N1CCc2cc(S(=O)(=O)N(C)CCN)ccc21. The molecule has 0 saturated heterocycles. The van der Waals surface area contributed by atoms with Crippen molar-refractivity contribution in [3.05, 3.63) is 23.8 Å². The molecule has 1 aromatic rings. The summed E-state index contributed by atoms with van der Waals surface area (Å²) >= 11 is 0. The van der Waals surface area contributed by atoms with Crippen LogP contribution in [-0.4, -0.2) is 45.3 Å². The Bertz CT molecular complexity index is 628. The lowest BCUT2D eigenvalue weighted by Crippen LogP contribution is -2.31. The van der Waals surface area contributed by atoms with Gasteiger partial charge in [-0.2, -0.15) is 4.31 Å². The van der Waals surface area contributed by atoms with Gasteiger partial charge < -0.3 is 10.6 Å². The summed E-state index contributed by atoms with van der Waals surface area (Å²) in [5, 5.41) is 0. The van der Waals surface area contributed by atoms with Crippen LogP contribution in [0.5, 0.6) is 0 Å². The molecule has 1 aliphatic heterocycles. The van der Waals surface area contributed by atoms with Crippen molar-refractivity contribution in [3.8, 4) is 0 Å². The van der Waals surface area contributed by atoms with E-state index in [-0.39, 0.29) is 23.9 Å². The van der Waals surface area contributed by atoms with E-state index < -0.39 is 10.0 Å². The summed E-state index contributed by atoms with van der Waals surface area (Å²) < 4.78 is 25.9. The third-order valence-electron chi connectivity index (χ3n) is 3.48. The molecule has 20 heavy (non-hydrogen) atoms. The highest BCUT2D eigenvalue weighted by Gasteiger charge is 2.26. The minimum atomic E-state index is -3.51. The highest BCUT2D eigenvalue weighted by atomic mass is 32.2. The molecule has 0 fully saturated rings. The van der Waals surface area contributed by atoms with E-state index in [1.807, 2.05) is 0 Å². The molecule has 1 aromatic carbocycles. The van der Waals surface area contributed by atoms with Crippen LogP contribution in [0, 0.1) is 0 Å². The molecular weight excluding hydrogens is 278 g/mol. The van der Waals surface area contributed by atoms with Crippen molar-refractivity contribution in [2.24, 2.45) is 5.73 Å². The largest absolute Gasteiger partial charge is 0.329 e. The highest BCUT2D eigenvalue weighted by molar-refractivity contribution is 7.89. The second kappa shape index (κ2) is 5.51. The zero-order chi connectivity index (χ0) is 14.9. The van der Waals surface area contributed by atoms with Crippen LogP contribution in [0.4, 0.5) is 5.69 Å². The number of anilines is 1. The minimum Gasteiger partial charge on any atom is -0.329 e. The Morgan fingerprint density at radius 3 is 2.75 bits per heavy atom. The Kier molecular flexibility index (Phi) is 4.12. The maximum atomic E-state index is 12.3. The molecular formula is C13H19N3O3S. The van der Waals surface area contributed by atoms with E-state index in [0.717, 1.165) is 11.3 Å². The van der Waals surface area contributed by atoms with Crippen LogP contribution in [0.3, 0.4) is 0 Å². The third-order valence-corrected chi connectivity index (χ3v) is 5.33. The van der Waals surface area contributed by atoms with Gasteiger partial charge in [-0.3, -0.25) is 4.79 Å². The van der Waals surface area contributed by atoms with Crippen LogP contribution < -0.4 is 10.6 Å². The molecule has 0 spiro atoms. The number of carbonyl (C=O) groups excluding carboxylic acids is 1. The maximum absolute atomic E-state index is 12.3. The second-order valence-electron chi connectivity index (χ2n) is 4.83. The van der Waals surface area contributed by atoms with Crippen LogP contribution in [0.25, 0.3) is 0 Å². The van der Waals surface area contributed by atoms with E-state index in [1.54, 1.807) is 23.1 Å². The lowest BCUT2D eigenvalue weighted by Gasteiger charge is -2.18. The molecule has 0 saturated carbocycles. The third kappa shape index (κ3) is 2.56. The summed E-state index contributed by atoms with van der Waals surface area (Å²) in [6.07, 6.45) is 0.679. The summed E-state index contributed by atoms with van der Waals surface area (Å²) in [4.78, 5) is 13.4. The van der Waals surface area contributed by atoms with Crippen LogP contribution in [0.2, 0.25) is 0 Å². The van der Waals surface area contributed by atoms with Crippen molar-refractivity contribution in [2.75, 3.05) is 31.6 Å². The molecule has 1 aliphatic rings. The van der Waals surface area contributed by atoms with E-state index in [0.29, 0.717) is 13.0 Å². The molecule has 0 aliphatic carbocycles. The average molecular weight is 297 g/mol. The fraction of sp³-hybridized carbons (Fsp3) is 0.462. The quantitative estimate of drug-likeness (QED) is 0.859. The molecule has 7 heteroatoms. The standard InChI is InChI=1S/C13H19N3O3S/c1-10(17)16-7-5-11-9-12(3-4-13(11)16)20(18,19)15(2)8-6-14/h3-4,9H,5-8,14H2,1-2H3. The van der Waals surface area contributed by atoms with E-state index in [2.05, 4.69) is 0 Å². The van der Waals surface area contributed by atoms with Gasteiger partial charge in [-0.15, -0.1) is 0 Å². The average Bonchev–Trinajstić information content (AvgIpc) is 2.81. The highest BCUT2D eigenvalue weighted by Crippen LogP contribution is 2.30. The molecule has 0 atom stereocenters. The van der Waals surface area contributed by atoms with Gasteiger partial charge in [0.15, 0.2) is 0 Å². The molecule has 1 heterocycles. The van der Waals surface area contributed by atoms with Crippen LogP contribution in [-0.2, 0) is 21.2 Å². The number of benzene rings is 1. The van der Waals surface area contributed by atoms with Crippen molar-refractivity contribution in [3.63, 3.8) is 0 Å². The monoisotopic (exact) mass is 297 g/mol. The van der Waals surface area contributed by atoms with E-state index in [4.69, 9.17) is 5.73 Å². The predicted octanol–water partition coefficient (Wildman–Crippen LogP) is 0.175. The molecule has 0 unspecified atom stereocenters. The summed E-state index contributed by atoms with van der Waals surface area (Å²) in [5.41, 5.74) is 7.09. The smallest absolute Gasteiger partial charge is 0.242 e. The summed E-state index contributed by atoms with van der Waals surface area (Å²) in [6, 6.07) is 4.90. The second-order valence-corrected chi connectivity index (χ2v) is 6.87. The molecule has 2 rings (SSSR count). The molecule has 0 aromatic heterocycles. The fourth-order valence-electron chi connectivity index (χ4n) is 2.35. The first-order valence-electron chi connectivity index (χ1n) is 6.45. The van der Waals surface area contributed by atoms with Gasteiger partial charge in [0.1, 0.15) is 0 Å². The fourth-order valence-corrected chi connectivity index (χ4v) is 3.58. The van der Waals surface area contributed by atoms with Gasteiger partial charge in [-0.1, -0.05) is 0 Å². The number of sulfonamides is 1. The Labute approximate surface area is 119 Å². The number of rotatable bonds is 4. The van der Waals surface area contributed by atoms with Crippen molar-refractivity contribution in [2.45, 2.75) is 18.2 Å². The zero-order valence-corrected chi connectivity index (χ0v) is 12.5. The first-order valence-corrected chi connectivity index (χ1v) is 7.89. The van der Waals surface area contributed by atoms with Crippen molar-refractivity contribution in [1.29, 1.82) is 0 Å². The summed E-state index contributed by atoms with van der Waals surface area (Å²) in [6.45, 7) is 2.67. The maximum Gasteiger partial charge on any atom is 0.242 e. The van der Waals surface area contributed by atoms with Gasteiger partial charge in [-0.05, 0) is 30.2 Å². The molecule has 2 N–H and O–H groups in total. The van der Waals surface area contributed by atoms with Crippen molar-refractivity contribution in [1.82, 2.24) is 4.31 Å². The summed E-state index contributed by atoms with van der Waals surface area (Å²) in [5.74, 6) is -0.0281. The Morgan fingerprint density at radius 2 is 2.15 bits per heavy atom. The van der Waals surface area contributed by atoms with Gasteiger partial charge in [-0.25, -0.2) is 8.42 Å². The van der Waals surface area contributed by atoms with E-state index >= 15 is 0 Å². The Balaban J connectivity index is 2.36. The van der Waals surface area contributed by atoms with Crippen molar-refractivity contribution >= 4 is 21.6 Å². The number of likely N-dealkylation sites (N-methyl/N-ethyl adjacent to an activating group) is 1.